The van der Waals surface area contributed by atoms with Gasteiger partial charge in [-0.15, -0.1) is 0 Å². The Morgan fingerprint density at radius 2 is 1.84 bits per heavy atom. The van der Waals surface area contributed by atoms with Gasteiger partial charge in [0, 0.05) is 17.8 Å². The minimum atomic E-state index is -0.295. The molecule has 0 aliphatic rings. The third-order valence-corrected chi connectivity index (χ3v) is 5.00. The summed E-state index contributed by atoms with van der Waals surface area (Å²) in [6, 6.07) is 15.8. The number of nitrogens with zero attached hydrogens (tertiary/aromatic N) is 4. The van der Waals surface area contributed by atoms with E-state index in [1.165, 1.54) is 12.1 Å². The van der Waals surface area contributed by atoms with E-state index < -0.39 is 0 Å². The first-order chi connectivity index (χ1) is 15.0. The second-order valence-corrected chi connectivity index (χ2v) is 7.26. The first-order valence-corrected chi connectivity index (χ1v) is 9.92. The Hall–Kier alpha value is -3.81. The van der Waals surface area contributed by atoms with Crippen LogP contribution in [-0.4, -0.2) is 25.8 Å². The van der Waals surface area contributed by atoms with Crippen molar-refractivity contribution in [1.29, 1.82) is 0 Å². The summed E-state index contributed by atoms with van der Waals surface area (Å²) in [5, 5.41) is 11.3. The van der Waals surface area contributed by atoms with Crippen LogP contribution in [0.5, 0.6) is 0 Å². The number of amides is 1. The predicted molar refractivity (Wildman–Crippen MR) is 112 cm³/mol. The first kappa shape index (κ1) is 20.5. The van der Waals surface area contributed by atoms with Crippen molar-refractivity contribution in [1.82, 2.24) is 25.2 Å². The highest BCUT2D eigenvalue weighted by Crippen LogP contribution is 2.21. The number of halogens is 1. The summed E-state index contributed by atoms with van der Waals surface area (Å²) in [6.45, 7) is 4.29. The fraction of sp³-hybridized carbons (Fsp3) is 0.217. The standard InChI is InChI=1S/C23H22FN5O2/c1-15-20(16(2)29(27-15)19-10-8-18(24)9-11-19)12-23-26-21(28-31-23)13-22(30)25-14-17-6-4-3-5-7-17/h3-11H,12-14H2,1-2H3,(H,25,30). The molecule has 0 aliphatic heterocycles. The van der Waals surface area contributed by atoms with Gasteiger partial charge in [-0.2, -0.15) is 10.1 Å². The SMILES string of the molecule is Cc1nn(-c2ccc(F)cc2)c(C)c1Cc1nc(CC(=O)NCc2ccccc2)no1. The Labute approximate surface area is 178 Å². The maximum atomic E-state index is 13.2. The number of nitrogens with one attached hydrogen (secondary N) is 1. The lowest BCUT2D eigenvalue weighted by Crippen LogP contribution is -2.24. The summed E-state index contributed by atoms with van der Waals surface area (Å²) in [7, 11) is 0. The van der Waals surface area contributed by atoms with Gasteiger partial charge in [-0.05, 0) is 43.7 Å². The molecule has 158 valence electrons. The number of hydrogen-bond acceptors (Lipinski definition) is 5. The van der Waals surface area contributed by atoms with Crippen LogP contribution in [0.3, 0.4) is 0 Å². The fourth-order valence-corrected chi connectivity index (χ4v) is 3.35. The summed E-state index contributed by atoms with van der Waals surface area (Å²) < 4.78 is 20.3. The third kappa shape index (κ3) is 4.85. The average Bonchev–Trinajstić information content (AvgIpc) is 3.33. The molecule has 2 aromatic carbocycles. The molecule has 0 radical (unpaired) electrons. The van der Waals surface area contributed by atoms with Crippen molar-refractivity contribution in [3.8, 4) is 5.69 Å². The van der Waals surface area contributed by atoms with Gasteiger partial charge in [-0.3, -0.25) is 4.79 Å². The van der Waals surface area contributed by atoms with Crippen LogP contribution in [0.1, 0.15) is 34.2 Å². The van der Waals surface area contributed by atoms with E-state index in [1.54, 1.807) is 16.8 Å². The smallest absolute Gasteiger partial charge is 0.231 e. The third-order valence-electron chi connectivity index (χ3n) is 5.00. The molecule has 4 aromatic rings. The van der Waals surface area contributed by atoms with Gasteiger partial charge < -0.3 is 9.84 Å². The highest BCUT2D eigenvalue weighted by molar-refractivity contribution is 5.77. The lowest BCUT2D eigenvalue weighted by Gasteiger charge is -2.04. The van der Waals surface area contributed by atoms with Crippen LogP contribution in [0.2, 0.25) is 0 Å². The van der Waals surface area contributed by atoms with E-state index in [9.17, 15) is 9.18 Å². The maximum absolute atomic E-state index is 13.2. The molecule has 7 nitrogen and oxygen atoms in total. The van der Waals surface area contributed by atoms with Crippen molar-refractivity contribution in [3.63, 3.8) is 0 Å². The van der Waals surface area contributed by atoms with E-state index >= 15 is 0 Å². The molecule has 0 saturated heterocycles. The molecule has 2 aromatic heterocycles. The minimum absolute atomic E-state index is 0.0448. The Balaban J connectivity index is 1.41. The molecular weight excluding hydrogens is 397 g/mol. The zero-order valence-electron chi connectivity index (χ0n) is 17.3. The summed E-state index contributed by atoms with van der Waals surface area (Å²) >= 11 is 0. The lowest BCUT2D eigenvalue weighted by atomic mass is 10.1. The minimum Gasteiger partial charge on any atom is -0.352 e. The van der Waals surface area contributed by atoms with E-state index in [2.05, 4.69) is 20.6 Å². The summed E-state index contributed by atoms with van der Waals surface area (Å²) in [4.78, 5) is 16.5. The Bertz CT molecular complexity index is 1180. The highest BCUT2D eigenvalue weighted by atomic mass is 19.1. The predicted octanol–water partition coefficient (Wildman–Crippen LogP) is 3.46. The molecule has 0 spiro atoms. The van der Waals surface area contributed by atoms with Gasteiger partial charge in [0.05, 0.1) is 24.2 Å². The van der Waals surface area contributed by atoms with Gasteiger partial charge in [0.25, 0.3) is 0 Å². The quantitative estimate of drug-likeness (QED) is 0.496. The van der Waals surface area contributed by atoms with Gasteiger partial charge in [-0.1, -0.05) is 35.5 Å². The molecule has 2 heterocycles. The van der Waals surface area contributed by atoms with Crippen LogP contribution in [0, 0.1) is 19.7 Å². The molecule has 0 aliphatic carbocycles. The Morgan fingerprint density at radius 1 is 1.10 bits per heavy atom. The summed E-state index contributed by atoms with van der Waals surface area (Å²) in [5.74, 6) is 0.280. The van der Waals surface area contributed by atoms with E-state index in [-0.39, 0.29) is 18.1 Å². The number of rotatable bonds is 7. The van der Waals surface area contributed by atoms with Crippen molar-refractivity contribution >= 4 is 5.91 Å². The van der Waals surface area contributed by atoms with E-state index in [4.69, 9.17) is 4.52 Å². The van der Waals surface area contributed by atoms with Crippen LogP contribution in [-0.2, 0) is 24.2 Å². The fourth-order valence-electron chi connectivity index (χ4n) is 3.35. The second kappa shape index (κ2) is 8.91. The molecule has 0 fully saturated rings. The first-order valence-electron chi connectivity index (χ1n) is 9.92. The molecule has 1 amide bonds. The number of carbonyl (C=O) groups is 1. The normalized spacial score (nSPS) is 10.9. The summed E-state index contributed by atoms with van der Waals surface area (Å²) in [5.41, 5.74) is 4.48. The molecule has 0 saturated carbocycles. The van der Waals surface area contributed by atoms with Gasteiger partial charge in [-0.25, -0.2) is 9.07 Å². The monoisotopic (exact) mass is 419 g/mol. The Morgan fingerprint density at radius 3 is 2.58 bits per heavy atom. The number of aromatic nitrogens is 4. The number of hydrogen-bond donors (Lipinski definition) is 1. The maximum Gasteiger partial charge on any atom is 0.231 e. The molecule has 1 N–H and O–H groups in total. The van der Waals surface area contributed by atoms with Crippen molar-refractivity contribution in [2.45, 2.75) is 33.2 Å². The molecule has 8 heteroatoms. The highest BCUT2D eigenvalue weighted by Gasteiger charge is 2.17. The summed E-state index contributed by atoms with van der Waals surface area (Å²) in [6.07, 6.45) is 0.445. The van der Waals surface area contributed by atoms with Gasteiger partial charge in [0.15, 0.2) is 5.82 Å². The second-order valence-electron chi connectivity index (χ2n) is 7.26. The molecule has 31 heavy (non-hydrogen) atoms. The number of carbonyl (C=O) groups excluding carboxylic acids is 1. The molecule has 4 rings (SSSR count). The topological polar surface area (TPSA) is 85.8 Å². The van der Waals surface area contributed by atoms with Crippen LogP contribution in [0.15, 0.2) is 59.1 Å². The largest absolute Gasteiger partial charge is 0.352 e. The number of benzene rings is 2. The molecule has 0 atom stereocenters. The van der Waals surface area contributed by atoms with Crippen molar-refractivity contribution in [2.75, 3.05) is 0 Å². The molecule has 0 unspecified atom stereocenters. The Kier molecular flexibility index (Phi) is 5.88. The lowest BCUT2D eigenvalue weighted by molar-refractivity contribution is -0.120. The van der Waals surface area contributed by atoms with E-state index in [0.29, 0.717) is 24.7 Å². The van der Waals surface area contributed by atoms with Gasteiger partial charge in [0.2, 0.25) is 11.8 Å². The molecular formula is C23H22FN5O2. The van der Waals surface area contributed by atoms with Crippen LogP contribution in [0.25, 0.3) is 5.69 Å². The molecule has 0 bridgehead atoms. The average molecular weight is 419 g/mol. The number of aryl methyl sites for hydroxylation is 1. The van der Waals surface area contributed by atoms with Crippen LogP contribution in [0.4, 0.5) is 4.39 Å². The van der Waals surface area contributed by atoms with Crippen LogP contribution < -0.4 is 5.32 Å². The van der Waals surface area contributed by atoms with E-state index in [0.717, 1.165) is 28.2 Å². The van der Waals surface area contributed by atoms with E-state index in [1.807, 2.05) is 44.2 Å². The zero-order valence-corrected chi connectivity index (χ0v) is 17.3. The van der Waals surface area contributed by atoms with Gasteiger partial charge in [0.1, 0.15) is 5.82 Å². The van der Waals surface area contributed by atoms with Crippen molar-refractivity contribution in [2.24, 2.45) is 0 Å². The van der Waals surface area contributed by atoms with Crippen molar-refractivity contribution < 1.29 is 13.7 Å². The zero-order chi connectivity index (χ0) is 21.8. The van der Waals surface area contributed by atoms with Crippen molar-refractivity contribution in [3.05, 3.63) is 94.6 Å². The van der Waals surface area contributed by atoms with Crippen LogP contribution >= 0.6 is 0 Å². The van der Waals surface area contributed by atoms with Gasteiger partial charge >= 0.3 is 0 Å².